The average molecular weight is 270 g/mol. The monoisotopic (exact) mass is 270 g/mol. The summed E-state index contributed by atoms with van der Waals surface area (Å²) < 4.78 is 19.1. The average Bonchev–Trinajstić information content (AvgIpc) is 2.30. The summed E-state index contributed by atoms with van der Waals surface area (Å²) in [5.74, 6) is -0.315. The molecule has 0 bridgehead atoms. The lowest BCUT2D eigenvalue weighted by Crippen LogP contribution is -2.34. The highest BCUT2D eigenvalue weighted by molar-refractivity contribution is 7.80. The molecule has 18 heavy (non-hydrogen) atoms. The Labute approximate surface area is 113 Å². The molecule has 0 spiro atoms. The molecule has 0 heterocycles. The third-order valence-corrected chi connectivity index (χ3v) is 2.94. The van der Waals surface area contributed by atoms with Gasteiger partial charge in [-0.2, -0.15) is 0 Å². The van der Waals surface area contributed by atoms with E-state index in [2.05, 4.69) is 0 Å². The van der Waals surface area contributed by atoms with Crippen LogP contribution in [0.3, 0.4) is 0 Å². The maximum Gasteiger partial charge on any atom is 0.147 e. The predicted octanol–water partition coefficient (Wildman–Crippen LogP) is 2.32. The van der Waals surface area contributed by atoms with Crippen LogP contribution in [0, 0.1) is 5.82 Å². The SMILES string of the molecule is COCCN(c1ccc(C(N)=S)cc1F)C(C)C. The molecule has 5 heteroatoms. The zero-order chi connectivity index (χ0) is 13.7. The van der Waals surface area contributed by atoms with E-state index in [1.54, 1.807) is 19.2 Å². The van der Waals surface area contributed by atoms with Crippen LogP contribution < -0.4 is 10.6 Å². The molecule has 0 unspecified atom stereocenters. The smallest absolute Gasteiger partial charge is 0.147 e. The Morgan fingerprint density at radius 2 is 2.17 bits per heavy atom. The number of thiocarbonyl (C=S) groups is 1. The Hall–Kier alpha value is -1.20. The van der Waals surface area contributed by atoms with Crippen molar-refractivity contribution in [1.29, 1.82) is 0 Å². The molecule has 0 aromatic heterocycles. The van der Waals surface area contributed by atoms with Crippen LogP contribution in [0.25, 0.3) is 0 Å². The van der Waals surface area contributed by atoms with Crippen LogP contribution in [0.1, 0.15) is 19.4 Å². The highest BCUT2D eigenvalue weighted by Crippen LogP contribution is 2.22. The first-order valence-electron chi connectivity index (χ1n) is 5.82. The third-order valence-electron chi connectivity index (χ3n) is 2.70. The number of hydrogen-bond acceptors (Lipinski definition) is 3. The topological polar surface area (TPSA) is 38.5 Å². The minimum atomic E-state index is -0.315. The summed E-state index contributed by atoms with van der Waals surface area (Å²) in [6, 6.07) is 5.01. The number of ether oxygens (including phenoxy) is 1. The van der Waals surface area contributed by atoms with Gasteiger partial charge in [0, 0.05) is 25.3 Å². The van der Waals surface area contributed by atoms with Crippen molar-refractivity contribution in [2.24, 2.45) is 5.73 Å². The molecule has 0 saturated heterocycles. The number of nitrogens with zero attached hydrogens (tertiary/aromatic N) is 1. The number of rotatable bonds is 6. The molecule has 1 rings (SSSR count). The second kappa shape index (κ2) is 6.66. The van der Waals surface area contributed by atoms with Crippen LogP contribution in [-0.4, -0.2) is 31.3 Å². The van der Waals surface area contributed by atoms with Gasteiger partial charge in [0.05, 0.1) is 12.3 Å². The fourth-order valence-electron chi connectivity index (χ4n) is 1.74. The van der Waals surface area contributed by atoms with Crippen LogP contribution in [0.4, 0.5) is 10.1 Å². The van der Waals surface area contributed by atoms with Crippen molar-refractivity contribution in [2.75, 3.05) is 25.2 Å². The van der Waals surface area contributed by atoms with Gasteiger partial charge in [0.2, 0.25) is 0 Å². The van der Waals surface area contributed by atoms with Crippen molar-refractivity contribution in [2.45, 2.75) is 19.9 Å². The first kappa shape index (κ1) is 14.9. The number of nitrogens with two attached hydrogens (primary N) is 1. The third kappa shape index (κ3) is 3.65. The first-order chi connectivity index (χ1) is 8.47. The molecule has 0 saturated carbocycles. The van der Waals surface area contributed by atoms with Gasteiger partial charge >= 0.3 is 0 Å². The van der Waals surface area contributed by atoms with Crippen LogP contribution in [0.5, 0.6) is 0 Å². The number of benzene rings is 1. The number of halogens is 1. The minimum Gasteiger partial charge on any atom is -0.389 e. The molecule has 100 valence electrons. The van der Waals surface area contributed by atoms with Gasteiger partial charge in [0.25, 0.3) is 0 Å². The molecule has 0 aliphatic carbocycles. The molecule has 1 aromatic carbocycles. The van der Waals surface area contributed by atoms with Crippen LogP contribution in [0.15, 0.2) is 18.2 Å². The lowest BCUT2D eigenvalue weighted by atomic mass is 10.1. The lowest BCUT2D eigenvalue weighted by Gasteiger charge is -2.29. The van der Waals surface area contributed by atoms with E-state index in [-0.39, 0.29) is 16.8 Å². The molecular weight excluding hydrogens is 251 g/mol. The molecule has 1 aromatic rings. The zero-order valence-corrected chi connectivity index (χ0v) is 11.8. The Bertz CT molecular complexity index is 423. The summed E-state index contributed by atoms with van der Waals surface area (Å²) in [5, 5.41) is 0. The van der Waals surface area contributed by atoms with Gasteiger partial charge in [-0.25, -0.2) is 4.39 Å². The van der Waals surface area contributed by atoms with Gasteiger partial charge in [0.1, 0.15) is 10.8 Å². The van der Waals surface area contributed by atoms with E-state index >= 15 is 0 Å². The molecule has 0 aliphatic heterocycles. The second-order valence-corrected chi connectivity index (χ2v) is 4.75. The second-order valence-electron chi connectivity index (χ2n) is 4.31. The van der Waals surface area contributed by atoms with Crippen LogP contribution >= 0.6 is 12.2 Å². The maximum absolute atomic E-state index is 14.1. The van der Waals surface area contributed by atoms with E-state index in [0.717, 1.165) is 0 Å². The van der Waals surface area contributed by atoms with E-state index in [0.29, 0.717) is 24.4 Å². The lowest BCUT2D eigenvalue weighted by molar-refractivity contribution is 0.203. The Morgan fingerprint density at radius 1 is 1.50 bits per heavy atom. The van der Waals surface area contributed by atoms with Gasteiger partial charge in [-0.1, -0.05) is 12.2 Å². The molecular formula is C13H19FN2OS. The highest BCUT2D eigenvalue weighted by Gasteiger charge is 2.15. The van der Waals surface area contributed by atoms with Crippen LogP contribution in [-0.2, 0) is 4.74 Å². The van der Waals surface area contributed by atoms with E-state index in [4.69, 9.17) is 22.7 Å². The number of anilines is 1. The fourth-order valence-corrected chi connectivity index (χ4v) is 1.87. The van der Waals surface area contributed by atoms with Crippen molar-refractivity contribution < 1.29 is 9.13 Å². The molecule has 0 amide bonds. The van der Waals surface area contributed by atoms with Gasteiger partial charge in [-0.3, -0.25) is 0 Å². The van der Waals surface area contributed by atoms with Crippen molar-refractivity contribution >= 4 is 22.9 Å². The molecule has 0 fully saturated rings. The van der Waals surface area contributed by atoms with Crippen molar-refractivity contribution in [3.8, 4) is 0 Å². The molecule has 0 aliphatic rings. The van der Waals surface area contributed by atoms with Gasteiger partial charge in [-0.05, 0) is 32.0 Å². The molecule has 0 radical (unpaired) electrons. The summed E-state index contributed by atoms with van der Waals surface area (Å²) >= 11 is 4.83. The van der Waals surface area contributed by atoms with Crippen molar-refractivity contribution in [3.63, 3.8) is 0 Å². The van der Waals surface area contributed by atoms with Gasteiger partial charge in [-0.15, -0.1) is 0 Å². The highest BCUT2D eigenvalue weighted by atomic mass is 32.1. The van der Waals surface area contributed by atoms with Crippen molar-refractivity contribution in [1.82, 2.24) is 0 Å². The van der Waals surface area contributed by atoms with Gasteiger partial charge < -0.3 is 15.4 Å². The van der Waals surface area contributed by atoms with E-state index in [1.807, 2.05) is 18.7 Å². The fraction of sp³-hybridized carbons (Fsp3) is 0.462. The standard InChI is InChI=1S/C13H19FN2OS/c1-9(2)16(6-7-17-3)12-5-4-10(13(15)18)8-11(12)14/h4-5,8-9H,6-7H2,1-3H3,(H2,15,18). The summed E-state index contributed by atoms with van der Waals surface area (Å²) in [4.78, 5) is 2.15. The van der Waals surface area contributed by atoms with Crippen LogP contribution in [0.2, 0.25) is 0 Å². The van der Waals surface area contributed by atoms with Gasteiger partial charge in [0.15, 0.2) is 0 Å². The van der Waals surface area contributed by atoms with Crippen molar-refractivity contribution in [3.05, 3.63) is 29.6 Å². The summed E-state index contributed by atoms with van der Waals surface area (Å²) in [7, 11) is 1.63. The first-order valence-corrected chi connectivity index (χ1v) is 6.23. The predicted molar refractivity (Wildman–Crippen MR) is 76.6 cm³/mol. The van der Waals surface area contributed by atoms with E-state index in [9.17, 15) is 4.39 Å². The minimum absolute atomic E-state index is 0.185. The molecule has 2 N–H and O–H groups in total. The zero-order valence-electron chi connectivity index (χ0n) is 10.9. The Morgan fingerprint density at radius 3 is 2.61 bits per heavy atom. The number of methoxy groups -OCH3 is 1. The molecule has 3 nitrogen and oxygen atoms in total. The quantitative estimate of drug-likeness (QED) is 0.805. The molecule has 0 atom stereocenters. The van der Waals surface area contributed by atoms with E-state index < -0.39 is 0 Å². The maximum atomic E-state index is 14.1. The normalized spacial score (nSPS) is 10.7. The van der Waals surface area contributed by atoms with E-state index in [1.165, 1.54) is 6.07 Å². The Balaban J connectivity index is 3.01. The summed E-state index contributed by atoms with van der Waals surface area (Å²) in [6.07, 6.45) is 0. The largest absolute Gasteiger partial charge is 0.389 e. The Kier molecular flexibility index (Phi) is 5.50. The summed E-state index contributed by atoms with van der Waals surface area (Å²) in [6.45, 7) is 5.21. The number of hydrogen-bond donors (Lipinski definition) is 1. The summed E-state index contributed by atoms with van der Waals surface area (Å²) in [5.41, 5.74) is 6.57.